The van der Waals surface area contributed by atoms with Gasteiger partial charge in [0.2, 0.25) is 0 Å². The van der Waals surface area contributed by atoms with Gasteiger partial charge in [-0.1, -0.05) is 16.8 Å². The van der Waals surface area contributed by atoms with Gasteiger partial charge in [0, 0.05) is 19.5 Å². The average molecular weight is 288 g/mol. The fourth-order valence-corrected chi connectivity index (χ4v) is 1.78. The Hall–Kier alpha value is -1.82. The highest BCUT2D eigenvalue weighted by Gasteiger charge is 2.20. The summed E-state index contributed by atoms with van der Waals surface area (Å²) in [5.41, 5.74) is 5.59. The second-order valence-electron chi connectivity index (χ2n) is 4.18. The van der Waals surface area contributed by atoms with E-state index in [4.69, 9.17) is 22.5 Å². The van der Waals surface area contributed by atoms with Crippen LogP contribution in [-0.4, -0.2) is 34.9 Å². The maximum atomic E-state index is 12.9. The van der Waals surface area contributed by atoms with Crippen LogP contribution in [0.4, 0.5) is 4.39 Å². The Morgan fingerprint density at radius 2 is 2.26 bits per heavy atom. The van der Waals surface area contributed by atoms with Crippen molar-refractivity contribution in [2.45, 2.75) is 19.4 Å². The topological polar surface area (TPSA) is 78.9 Å². The van der Waals surface area contributed by atoms with Crippen LogP contribution >= 0.6 is 11.6 Å². The number of hydrogen-bond acceptors (Lipinski definition) is 3. The smallest absolute Gasteiger partial charge is 0.255 e. The minimum atomic E-state index is -0.506. The fourth-order valence-electron chi connectivity index (χ4n) is 1.53. The highest BCUT2D eigenvalue weighted by Crippen LogP contribution is 2.19. The number of hydrogen-bond donors (Lipinski definition) is 2. The monoisotopic (exact) mass is 287 g/mol. The summed E-state index contributed by atoms with van der Waals surface area (Å²) in [7, 11) is 1.57. The van der Waals surface area contributed by atoms with Crippen molar-refractivity contribution in [1.29, 1.82) is 0 Å². The number of carbonyl (C=O) groups excluding carboxylic acids is 1. The van der Waals surface area contributed by atoms with E-state index in [1.165, 1.54) is 17.0 Å². The van der Waals surface area contributed by atoms with Gasteiger partial charge in [-0.15, -0.1) is 0 Å². The summed E-state index contributed by atoms with van der Waals surface area (Å²) in [5.74, 6) is -0.838. The molecule has 0 aliphatic rings. The normalized spacial score (nSPS) is 13.2. The lowest BCUT2D eigenvalue weighted by atomic mass is 10.1. The summed E-state index contributed by atoms with van der Waals surface area (Å²) in [6.07, 6.45) is 0.220. The summed E-state index contributed by atoms with van der Waals surface area (Å²) < 4.78 is 12.9. The number of rotatable bonds is 4. The van der Waals surface area contributed by atoms with E-state index in [-0.39, 0.29) is 34.8 Å². The molecule has 1 aromatic carbocycles. The molecule has 0 aliphatic heterocycles. The Morgan fingerprint density at radius 3 is 2.79 bits per heavy atom. The molecule has 0 aliphatic carbocycles. The third-order valence-corrected chi connectivity index (χ3v) is 3.09. The SMILES string of the molecule is CC(CC(N)=NO)N(C)C(=O)c1ccc(F)cc1Cl. The first-order chi connectivity index (χ1) is 8.86. The average Bonchev–Trinajstić information content (AvgIpc) is 2.36. The highest BCUT2D eigenvalue weighted by molar-refractivity contribution is 6.33. The van der Waals surface area contributed by atoms with E-state index in [9.17, 15) is 9.18 Å². The van der Waals surface area contributed by atoms with Crippen LogP contribution in [-0.2, 0) is 0 Å². The van der Waals surface area contributed by atoms with Gasteiger partial charge in [-0.25, -0.2) is 4.39 Å². The molecule has 7 heteroatoms. The second kappa shape index (κ2) is 6.38. The van der Waals surface area contributed by atoms with E-state index in [1.54, 1.807) is 14.0 Å². The van der Waals surface area contributed by atoms with Crippen molar-refractivity contribution >= 4 is 23.3 Å². The Balaban J connectivity index is 2.87. The Bertz CT molecular complexity index is 508. The quantitative estimate of drug-likeness (QED) is 0.385. The van der Waals surface area contributed by atoms with Gasteiger partial charge < -0.3 is 15.8 Å². The van der Waals surface area contributed by atoms with Crippen LogP contribution < -0.4 is 5.73 Å². The molecule has 0 fully saturated rings. The van der Waals surface area contributed by atoms with Gasteiger partial charge in [0.25, 0.3) is 5.91 Å². The highest BCUT2D eigenvalue weighted by atomic mass is 35.5. The molecule has 0 aromatic heterocycles. The molecule has 104 valence electrons. The molecule has 3 N–H and O–H groups in total. The van der Waals surface area contributed by atoms with Crippen LogP contribution in [0.3, 0.4) is 0 Å². The van der Waals surface area contributed by atoms with Crippen LogP contribution in [0.25, 0.3) is 0 Å². The van der Waals surface area contributed by atoms with Crippen molar-refractivity contribution in [2.75, 3.05) is 7.05 Å². The molecule has 1 rings (SSSR count). The summed E-state index contributed by atoms with van der Waals surface area (Å²) in [4.78, 5) is 13.6. The number of benzene rings is 1. The third kappa shape index (κ3) is 3.82. The van der Waals surface area contributed by atoms with E-state index in [0.29, 0.717) is 0 Å². The molecule has 0 radical (unpaired) electrons. The summed E-state index contributed by atoms with van der Waals surface area (Å²) >= 11 is 5.83. The van der Waals surface area contributed by atoms with Crippen molar-refractivity contribution in [2.24, 2.45) is 10.9 Å². The number of oxime groups is 1. The fraction of sp³-hybridized carbons (Fsp3) is 0.333. The lowest BCUT2D eigenvalue weighted by molar-refractivity contribution is 0.0747. The van der Waals surface area contributed by atoms with Crippen LogP contribution in [0.2, 0.25) is 5.02 Å². The van der Waals surface area contributed by atoms with Gasteiger partial charge in [0.05, 0.1) is 10.6 Å². The van der Waals surface area contributed by atoms with E-state index >= 15 is 0 Å². The molecular weight excluding hydrogens is 273 g/mol. The molecule has 0 heterocycles. The third-order valence-electron chi connectivity index (χ3n) is 2.78. The summed E-state index contributed by atoms with van der Waals surface area (Å²) in [6.45, 7) is 1.74. The van der Waals surface area contributed by atoms with Crippen LogP contribution in [0.5, 0.6) is 0 Å². The van der Waals surface area contributed by atoms with Gasteiger partial charge in [0.1, 0.15) is 11.7 Å². The first-order valence-electron chi connectivity index (χ1n) is 5.55. The minimum Gasteiger partial charge on any atom is -0.409 e. The molecule has 0 bridgehead atoms. The van der Waals surface area contributed by atoms with Crippen molar-refractivity contribution in [3.63, 3.8) is 0 Å². The summed E-state index contributed by atoms with van der Waals surface area (Å²) in [6, 6.07) is 3.29. The van der Waals surface area contributed by atoms with Crippen LogP contribution in [0.15, 0.2) is 23.4 Å². The number of halogens is 2. The molecule has 1 amide bonds. The predicted octanol–water partition coefficient (Wildman–Crippen LogP) is 2.08. The minimum absolute atomic E-state index is 0.0253. The predicted molar refractivity (Wildman–Crippen MR) is 71.0 cm³/mol. The van der Waals surface area contributed by atoms with Crippen LogP contribution in [0, 0.1) is 5.82 Å². The first-order valence-corrected chi connectivity index (χ1v) is 5.93. The van der Waals surface area contributed by atoms with Gasteiger partial charge in [-0.2, -0.15) is 0 Å². The van der Waals surface area contributed by atoms with Crippen molar-refractivity contribution < 1.29 is 14.4 Å². The molecular formula is C12H15ClFN3O2. The maximum Gasteiger partial charge on any atom is 0.255 e. The van der Waals surface area contributed by atoms with Crippen molar-refractivity contribution in [1.82, 2.24) is 4.90 Å². The Kier molecular flexibility index (Phi) is 5.11. The molecule has 5 nitrogen and oxygen atoms in total. The van der Waals surface area contributed by atoms with E-state index < -0.39 is 5.82 Å². The lowest BCUT2D eigenvalue weighted by Crippen LogP contribution is -2.37. The second-order valence-corrected chi connectivity index (χ2v) is 4.59. The van der Waals surface area contributed by atoms with E-state index in [1.807, 2.05) is 0 Å². The molecule has 0 spiro atoms. The zero-order valence-corrected chi connectivity index (χ0v) is 11.4. The standard InChI is InChI=1S/C12H15ClFN3O2/c1-7(5-11(15)16-19)17(2)12(18)9-4-3-8(14)6-10(9)13/h3-4,6-7,19H,5H2,1-2H3,(H2,15,16). The van der Waals surface area contributed by atoms with E-state index in [0.717, 1.165) is 6.07 Å². The Labute approximate surface area is 115 Å². The molecule has 1 aromatic rings. The number of nitrogens with zero attached hydrogens (tertiary/aromatic N) is 2. The molecule has 1 unspecified atom stereocenters. The molecule has 1 atom stereocenters. The zero-order chi connectivity index (χ0) is 14.6. The number of amides is 1. The maximum absolute atomic E-state index is 12.9. The largest absolute Gasteiger partial charge is 0.409 e. The number of nitrogens with two attached hydrogens (primary N) is 1. The molecule has 0 saturated heterocycles. The van der Waals surface area contributed by atoms with Gasteiger partial charge in [0.15, 0.2) is 0 Å². The van der Waals surface area contributed by atoms with Gasteiger partial charge >= 0.3 is 0 Å². The number of carbonyl (C=O) groups is 1. The van der Waals surface area contributed by atoms with Crippen molar-refractivity contribution in [3.8, 4) is 0 Å². The lowest BCUT2D eigenvalue weighted by Gasteiger charge is -2.25. The summed E-state index contributed by atoms with van der Waals surface area (Å²) in [5, 5.41) is 11.4. The number of amidine groups is 1. The van der Waals surface area contributed by atoms with Crippen LogP contribution in [0.1, 0.15) is 23.7 Å². The molecule has 19 heavy (non-hydrogen) atoms. The zero-order valence-electron chi connectivity index (χ0n) is 10.6. The molecule has 0 saturated carbocycles. The van der Waals surface area contributed by atoms with Gasteiger partial charge in [-0.3, -0.25) is 4.79 Å². The van der Waals surface area contributed by atoms with Gasteiger partial charge in [-0.05, 0) is 25.1 Å². The Morgan fingerprint density at radius 1 is 1.63 bits per heavy atom. The van der Waals surface area contributed by atoms with E-state index in [2.05, 4.69) is 5.16 Å². The first kappa shape index (κ1) is 15.2. The van der Waals surface area contributed by atoms with Crippen molar-refractivity contribution in [3.05, 3.63) is 34.6 Å².